The summed E-state index contributed by atoms with van der Waals surface area (Å²) >= 11 is 0. The van der Waals surface area contributed by atoms with Crippen molar-refractivity contribution in [3.63, 3.8) is 0 Å². The number of nitrogens with zero attached hydrogens (tertiary/aromatic N) is 1. The number of fused-ring (bicyclic) bond motifs is 18. The zero-order valence-corrected chi connectivity index (χ0v) is 36.0. The van der Waals surface area contributed by atoms with E-state index < -0.39 is 5.41 Å². The molecule has 1 nitrogen and oxygen atoms in total. The second-order valence-corrected chi connectivity index (χ2v) is 18.3. The van der Waals surface area contributed by atoms with Crippen LogP contribution in [0.25, 0.3) is 115 Å². The van der Waals surface area contributed by atoms with Crippen LogP contribution in [-0.4, -0.2) is 4.57 Å². The number of rotatable bonds is 3. The highest BCUT2D eigenvalue weighted by Crippen LogP contribution is 2.64. The van der Waals surface area contributed by atoms with E-state index in [0.717, 1.165) is 0 Å². The minimum absolute atomic E-state index is 0.429. The zero-order chi connectivity index (χ0) is 43.1. The Balaban J connectivity index is 0.976. The third-order valence-electron chi connectivity index (χ3n) is 15.1. The van der Waals surface area contributed by atoms with Crippen molar-refractivity contribution in [3.05, 3.63) is 259 Å². The molecule has 1 spiro atoms. The lowest BCUT2D eigenvalue weighted by atomic mass is 9.70. The molecule has 1 heterocycles. The van der Waals surface area contributed by atoms with Gasteiger partial charge in [0.2, 0.25) is 0 Å². The van der Waals surface area contributed by atoms with Crippen LogP contribution in [0.5, 0.6) is 0 Å². The van der Waals surface area contributed by atoms with E-state index in [1.165, 1.54) is 137 Å². The van der Waals surface area contributed by atoms with E-state index >= 15 is 0 Å². The van der Waals surface area contributed by atoms with Crippen molar-refractivity contribution >= 4 is 64.9 Å². The van der Waals surface area contributed by atoms with E-state index in [-0.39, 0.29) is 0 Å². The lowest BCUT2D eigenvalue weighted by molar-refractivity contribution is 0.795. The average molecular weight is 834 g/mol. The monoisotopic (exact) mass is 833 g/mol. The van der Waals surface area contributed by atoms with E-state index in [0.29, 0.717) is 0 Å². The first kappa shape index (κ1) is 35.9. The summed E-state index contributed by atoms with van der Waals surface area (Å²) in [6.45, 7) is 0. The molecule has 0 fully saturated rings. The van der Waals surface area contributed by atoms with Gasteiger partial charge in [0.05, 0.1) is 16.4 Å². The maximum Gasteiger partial charge on any atom is 0.0725 e. The lowest BCUT2D eigenvalue weighted by Gasteiger charge is -2.30. The molecule has 66 heavy (non-hydrogen) atoms. The minimum atomic E-state index is -0.429. The summed E-state index contributed by atoms with van der Waals surface area (Å²) in [6.07, 6.45) is 0. The minimum Gasteiger partial charge on any atom is -0.309 e. The van der Waals surface area contributed by atoms with Crippen LogP contribution in [0.15, 0.2) is 237 Å². The summed E-state index contributed by atoms with van der Waals surface area (Å²) < 4.78 is 2.40. The molecule has 1 heteroatoms. The van der Waals surface area contributed by atoms with Gasteiger partial charge in [0.15, 0.2) is 0 Å². The van der Waals surface area contributed by atoms with Gasteiger partial charge in [0.1, 0.15) is 0 Å². The molecule has 2 aliphatic rings. The second-order valence-electron chi connectivity index (χ2n) is 18.3. The second kappa shape index (κ2) is 13.3. The van der Waals surface area contributed by atoms with Gasteiger partial charge < -0.3 is 4.57 Å². The van der Waals surface area contributed by atoms with Crippen LogP contribution < -0.4 is 0 Å². The molecule has 12 aromatic carbocycles. The van der Waals surface area contributed by atoms with Gasteiger partial charge in [-0.3, -0.25) is 0 Å². The molecule has 0 atom stereocenters. The van der Waals surface area contributed by atoms with E-state index in [9.17, 15) is 0 Å². The van der Waals surface area contributed by atoms with Crippen LogP contribution in [0.4, 0.5) is 0 Å². The summed E-state index contributed by atoms with van der Waals surface area (Å²) in [5.41, 5.74) is 19.0. The fraction of sp³-hybridized carbons (Fsp3) is 0.0154. The first-order chi connectivity index (χ1) is 32.8. The Bertz CT molecular complexity index is 4120. The van der Waals surface area contributed by atoms with Gasteiger partial charge in [-0.15, -0.1) is 0 Å². The third-order valence-corrected chi connectivity index (χ3v) is 15.1. The van der Waals surface area contributed by atoms with Crippen LogP contribution in [0.1, 0.15) is 22.3 Å². The number of hydrogen-bond donors (Lipinski definition) is 0. The molecule has 0 unspecified atom stereocenters. The highest BCUT2D eigenvalue weighted by atomic mass is 15.0. The lowest BCUT2D eigenvalue weighted by Crippen LogP contribution is -2.25. The maximum atomic E-state index is 2.54. The molecule has 0 bridgehead atoms. The van der Waals surface area contributed by atoms with Crippen LogP contribution in [0.3, 0.4) is 0 Å². The number of benzene rings is 12. The van der Waals surface area contributed by atoms with Gasteiger partial charge in [-0.05, 0) is 158 Å². The molecule has 0 saturated carbocycles. The molecule has 1 aromatic heterocycles. The molecular weight excluding hydrogens is 795 g/mol. The Morgan fingerprint density at radius 3 is 1.48 bits per heavy atom. The predicted molar refractivity (Wildman–Crippen MR) is 278 cm³/mol. The zero-order valence-electron chi connectivity index (χ0n) is 36.0. The van der Waals surface area contributed by atoms with Crippen molar-refractivity contribution in [1.29, 1.82) is 0 Å². The van der Waals surface area contributed by atoms with Crippen molar-refractivity contribution in [2.24, 2.45) is 0 Å². The quantitative estimate of drug-likeness (QED) is 0.156. The van der Waals surface area contributed by atoms with Crippen LogP contribution in [0, 0.1) is 0 Å². The summed E-state index contributed by atoms with van der Waals surface area (Å²) in [5, 5.41) is 12.6. The first-order valence-corrected chi connectivity index (χ1v) is 23.1. The van der Waals surface area contributed by atoms with Crippen molar-refractivity contribution in [2.45, 2.75) is 5.41 Å². The van der Waals surface area contributed by atoms with Crippen molar-refractivity contribution < 1.29 is 0 Å². The Morgan fingerprint density at radius 2 is 0.788 bits per heavy atom. The van der Waals surface area contributed by atoms with Crippen molar-refractivity contribution in [3.8, 4) is 50.2 Å². The van der Waals surface area contributed by atoms with E-state index in [2.05, 4.69) is 241 Å². The van der Waals surface area contributed by atoms with Gasteiger partial charge in [0, 0.05) is 16.5 Å². The topological polar surface area (TPSA) is 4.93 Å². The molecule has 13 aromatic rings. The summed E-state index contributed by atoms with van der Waals surface area (Å²) in [6, 6.07) is 88.9. The standard InChI is InChI=1S/C65H39N/c1-2-17-45(18-3-1)66-60-29-15-12-22-49(60)54-38-43(33-35-61(54)66)63-52-25-8-6-23-50(52)62(51-24-7-9-26-53(51)63)42-31-30-41-37-55-59(39-44(41)36-42)65(58-34-32-40-16-4-5-19-46(40)64(55)58)56-27-13-10-20-47(56)48-21-11-14-28-57(48)65/h1-39H. The molecule has 0 radical (unpaired) electrons. The van der Waals surface area contributed by atoms with Crippen LogP contribution >= 0.6 is 0 Å². The van der Waals surface area contributed by atoms with E-state index in [1.807, 2.05) is 0 Å². The summed E-state index contributed by atoms with van der Waals surface area (Å²) in [5.74, 6) is 0. The van der Waals surface area contributed by atoms with Gasteiger partial charge in [-0.25, -0.2) is 0 Å². The Hall–Kier alpha value is -8.52. The van der Waals surface area contributed by atoms with Gasteiger partial charge >= 0.3 is 0 Å². The molecule has 0 amide bonds. The van der Waals surface area contributed by atoms with Crippen molar-refractivity contribution in [1.82, 2.24) is 4.57 Å². The number of hydrogen-bond acceptors (Lipinski definition) is 0. The Kier molecular flexibility index (Phi) is 7.21. The first-order valence-electron chi connectivity index (χ1n) is 23.1. The van der Waals surface area contributed by atoms with E-state index in [4.69, 9.17) is 0 Å². The van der Waals surface area contributed by atoms with Gasteiger partial charge in [-0.2, -0.15) is 0 Å². The van der Waals surface area contributed by atoms with Crippen LogP contribution in [-0.2, 0) is 5.41 Å². The summed E-state index contributed by atoms with van der Waals surface area (Å²) in [7, 11) is 0. The fourth-order valence-electron chi connectivity index (χ4n) is 12.5. The molecule has 2 aliphatic carbocycles. The Morgan fingerprint density at radius 1 is 0.258 bits per heavy atom. The number of para-hydroxylation sites is 2. The van der Waals surface area contributed by atoms with Gasteiger partial charge in [0.25, 0.3) is 0 Å². The normalized spacial score (nSPS) is 13.3. The molecule has 0 N–H and O–H groups in total. The highest BCUT2D eigenvalue weighted by Gasteiger charge is 2.52. The summed E-state index contributed by atoms with van der Waals surface area (Å²) in [4.78, 5) is 0. The number of aromatic nitrogens is 1. The predicted octanol–water partition coefficient (Wildman–Crippen LogP) is 17.1. The maximum absolute atomic E-state index is 2.54. The molecule has 0 aliphatic heterocycles. The van der Waals surface area contributed by atoms with Crippen LogP contribution in [0.2, 0.25) is 0 Å². The van der Waals surface area contributed by atoms with Gasteiger partial charge in [-0.1, -0.05) is 188 Å². The molecule has 0 saturated heterocycles. The van der Waals surface area contributed by atoms with Crippen molar-refractivity contribution in [2.75, 3.05) is 0 Å². The molecule has 15 rings (SSSR count). The Labute approximate surface area is 382 Å². The third kappa shape index (κ3) is 4.64. The molecule has 304 valence electrons. The largest absolute Gasteiger partial charge is 0.309 e. The smallest absolute Gasteiger partial charge is 0.0725 e. The fourth-order valence-corrected chi connectivity index (χ4v) is 12.5. The molecular formula is C65H39N. The average Bonchev–Trinajstić information content (AvgIpc) is 3.98. The SMILES string of the molecule is c1ccc(-n2c3ccccc3c3cc(-c4c5ccccc5c(-c5ccc6cc7c(cc6c5)C5(c6ccccc6-c6ccccc65)c5ccc6ccccc6c5-7)c5ccccc45)ccc32)cc1. The highest BCUT2D eigenvalue weighted by molar-refractivity contribution is 6.23. The van der Waals surface area contributed by atoms with E-state index in [1.54, 1.807) is 0 Å².